The average Bonchev–Trinajstić information content (AvgIpc) is 2.48. The molecule has 2 aromatic carbocycles. The first-order valence-electron chi connectivity index (χ1n) is 7.01. The van der Waals surface area contributed by atoms with Crippen molar-refractivity contribution in [1.29, 1.82) is 0 Å². The van der Waals surface area contributed by atoms with Crippen LogP contribution in [0.5, 0.6) is 5.75 Å². The fourth-order valence-corrected chi connectivity index (χ4v) is 3.18. The molecule has 0 bridgehead atoms. The summed E-state index contributed by atoms with van der Waals surface area (Å²) in [6.07, 6.45) is 1.02. The highest BCUT2D eigenvalue weighted by Gasteiger charge is 2.22. The summed E-state index contributed by atoms with van der Waals surface area (Å²) in [4.78, 5) is 0. The van der Waals surface area contributed by atoms with E-state index in [1.165, 1.54) is 16.7 Å². The molecule has 0 N–H and O–H groups in total. The molecule has 0 amide bonds. The van der Waals surface area contributed by atoms with E-state index in [1.807, 2.05) is 18.2 Å². The number of aryl methyl sites for hydroxylation is 1. The summed E-state index contributed by atoms with van der Waals surface area (Å²) < 4.78 is 5.26. The molecule has 1 nitrogen and oxygen atoms in total. The maximum absolute atomic E-state index is 6.77. The molecule has 106 valence electrons. The smallest absolute Gasteiger partial charge is 0.119 e. The number of rotatable bonds is 5. The molecule has 0 fully saturated rings. The standard InChI is InChI=1S/C18H21ClO/c1-4-16(14-8-6-5-7-9-14)18(19)17-11-10-15(20-3)12-13(17)2/h5-12,16,18H,4H2,1-3H3. The lowest BCUT2D eigenvalue weighted by atomic mass is 9.88. The van der Waals surface area contributed by atoms with Crippen LogP contribution in [0.15, 0.2) is 48.5 Å². The highest BCUT2D eigenvalue weighted by Crippen LogP contribution is 2.40. The van der Waals surface area contributed by atoms with Crippen LogP contribution in [0.2, 0.25) is 0 Å². The largest absolute Gasteiger partial charge is 0.497 e. The van der Waals surface area contributed by atoms with E-state index >= 15 is 0 Å². The van der Waals surface area contributed by atoms with Crippen LogP contribution >= 0.6 is 11.6 Å². The van der Waals surface area contributed by atoms with Crippen molar-refractivity contribution in [2.75, 3.05) is 7.11 Å². The van der Waals surface area contributed by atoms with Gasteiger partial charge in [0.25, 0.3) is 0 Å². The molecule has 20 heavy (non-hydrogen) atoms. The van der Waals surface area contributed by atoms with Crippen molar-refractivity contribution >= 4 is 11.6 Å². The number of halogens is 1. The molecule has 0 aliphatic rings. The SMILES string of the molecule is CCC(c1ccccc1)C(Cl)c1ccc(OC)cc1C. The summed E-state index contributed by atoms with van der Waals surface area (Å²) in [5.74, 6) is 1.20. The Morgan fingerprint density at radius 3 is 2.35 bits per heavy atom. The van der Waals surface area contributed by atoms with Crippen LogP contribution in [0.3, 0.4) is 0 Å². The zero-order valence-electron chi connectivity index (χ0n) is 12.3. The monoisotopic (exact) mass is 288 g/mol. The molecule has 0 radical (unpaired) electrons. The number of ether oxygens (including phenoxy) is 1. The first kappa shape index (κ1) is 14.9. The van der Waals surface area contributed by atoms with Crippen LogP contribution in [0, 0.1) is 6.92 Å². The molecule has 2 atom stereocenters. The number of benzene rings is 2. The first-order valence-corrected chi connectivity index (χ1v) is 7.44. The third-order valence-electron chi connectivity index (χ3n) is 3.79. The zero-order valence-corrected chi connectivity index (χ0v) is 13.0. The minimum atomic E-state index is -0.0201. The Morgan fingerprint density at radius 1 is 1.10 bits per heavy atom. The lowest BCUT2D eigenvalue weighted by Gasteiger charge is -2.23. The molecule has 2 heteroatoms. The van der Waals surface area contributed by atoms with Crippen LogP contribution in [0.4, 0.5) is 0 Å². The van der Waals surface area contributed by atoms with Gasteiger partial charge in [-0.15, -0.1) is 11.6 Å². The fourth-order valence-electron chi connectivity index (χ4n) is 2.61. The second-order valence-electron chi connectivity index (χ2n) is 5.05. The minimum absolute atomic E-state index is 0.0201. The van der Waals surface area contributed by atoms with Gasteiger partial charge in [0.15, 0.2) is 0 Å². The van der Waals surface area contributed by atoms with Crippen LogP contribution in [0.1, 0.15) is 41.3 Å². The van der Waals surface area contributed by atoms with E-state index in [9.17, 15) is 0 Å². The van der Waals surface area contributed by atoms with Gasteiger partial charge in [-0.1, -0.05) is 43.3 Å². The van der Waals surface area contributed by atoms with Crippen molar-refractivity contribution in [3.8, 4) is 5.75 Å². The second kappa shape index (κ2) is 6.81. The van der Waals surface area contributed by atoms with E-state index in [2.05, 4.69) is 44.2 Å². The molecule has 2 rings (SSSR count). The number of hydrogen-bond acceptors (Lipinski definition) is 1. The van der Waals surface area contributed by atoms with Gasteiger partial charge in [0.2, 0.25) is 0 Å². The quantitative estimate of drug-likeness (QED) is 0.662. The molecule has 0 saturated carbocycles. The molecule has 2 unspecified atom stereocenters. The van der Waals surface area contributed by atoms with Crippen LogP contribution in [-0.2, 0) is 0 Å². The highest BCUT2D eigenvalue weighted by molar-refractivity contribution is 6.21. The normalized spacial score (nSPS) is 13.8. The van der Waals surface area contributed by atoms with E-state index in [4.69, 9.17) is 16.3 Å². The molecule has 2 aromatic rings. The predicted molar refractivity (Wildman–Crippen MR) is 85.8 cm³/mol. The van der Waals surface area contributed by atoms with Crippen molar-refractivity contribution in [3.05, 3.63) is 65.2 Å². The molecule has 0 heterocycles. The Bertz CT molecular complexity index is 551. The van der Waals surface area contributed by atoms with Gasteiger partial charge in [-0.05, 0) is 42.2 Å². The Morgan fingerprint density at radius 2 is 1.80 bits per heavy atom. The summed E-state index contributed by atoms with van der Waals surface area (Å²) in [7, 11) is 1.69. The van der Waals surface area contributed by atoms with E-state index < -0.39 is 0 Å². The minimum Gasteiger partial charge on any atom is -0.497 e. The van der Waals surface area contributed by atoms with Gasteiger partial charge in [0, 0.05) is 5.92 Å². The highest BCUT2D eigenvalue weighted by atomic mass is 35.5. The Hall–Kier alpha value is -1.47. The Balaban J connectivity index is 2.31. The molecular formula is C18H21ClO. The van der Waals surface area contributed by atoms with Gasteiger partial charge in [-0.2, -0.15) is 0 Å². The number of hydrogen-bond donors (Lipinski definition) is 0. The van der Waals surface area contributed by atoms with Crippen molar-refractivity contribution in [3.63, 3.8) is 0 Å². The third kappa shape index (κ3) is 3.16. The second-order valence-corrected chi connectivity index (χ2v) is 5.52. The topological polar surface area (TPSA) is 9.23 Å². The van der Waals surface area contributed by atoms with Crippen molar-refractivity contribution < 1.29 is 4.74 Å². The summed E-state index contributed by atoms with van der Waals surface area (Å²) in [5, 5.41) is -0.0201. The van der Waals surface area contributed by atoms with Gasteiger partial charge in [-0.3, -0.25) is 0 Å². The number of alkyl halides is 1. The fraction of sp³-hybridized carbons (Fsp3) is 0.333. The van der Waals surface area contributed by atoms with E-state index in [0.29, 0.717) is 5.92 Å². The summed E-state index contributed by atoms with van der Waals surface area (Å²) in [5.41, 5.74) is 3.66. The van der Waals surface area contributed by atoms with E-state index in [-0.39, 0.29) is 5.38 Å². The Kier molecular flexibility index (Phi) is 5.08. The van der Waals surface area contributed by atoms with Crippen molar-refractivity contribution in [2.24, 2.45) is 0 Å². The molecule has 0 spiro atoms. The summed E-state index contributed by atoms with van der Waals surface area (Å²) >= 11 is 6.77. The third-order valence-corrected chi connectivity index (χ3v) is 4.33. The predicted octanol–water partition coefficient (Wildman–Crippen LogP) is 5.48. The van der Waals surface area contributed by atoms with Crippen molar-refractivity contribution in [2.45, 2.75) is 31.6 Å². The molecular weight excluding hydrogens is 268 g/mol. The van der Waals surface area contributed by atoms with Crippen molar-refractivity contribution in [1.82, 2.24) is 0 Å². The summed E-state index contributed by atoms with van der Waals surface area (Å²) in [6, 6.07) is 16.6. The average molecular weight is 289 g/mol. The maximum Gasteiger partial charge on any atom is 0.119 e. The first-order chi connectivity index (χ1) is 9.67. The lowest BCUT2D eigenvalue weighted by Crippen LogP contribution is -2.07. The molecule has 0 aromatic heterocycles. The van der Waals surface area contributed by atoms with Crippen LogP contribution < -0.4 is 4.74 Å². The lowest BCUT2D eigenvalue weighted by molar-refractivity contribution is 0.414. The molecule has 0 aliphatic heterocycles. The molecule has 0 saturated heterocycles. The van der Waals surface area contributed by atoms with Gasteiger partial charge in [-0.25, -0.2) is 0 Å². The van der Waals surface area contributed by atoms with Crippen LogP contribution in [0.25, 0.3) is 0 Å². The van der Waals surface area contributed by atoms with Gasteiger partial charge < -0.3 is 4.74 Å². The van der Waals surface area contributed by atoms with Gasteiger partial charge in [0.1, 0.15) is 5.75 Å². The zero-order chi connectivity index (χ0) is 14.5. The molecule has 0 aliphatic carbocycles. The van der Waals surface area contributed by atoms with Gasteiger partial charge in [0.05, 0.1) is 12.5 Å². The maximum atomic E-state index is 6.77. The number of methoxy groups -OCH3 is 1. The van der Waals surface area contributed by atoms with E-state index in [0.717, 1.165) is 12.2 Å². The Labute approximate surface area is 126 Å². The van der Waals surface area contributed by atoms with E-state index in [1.54, 1.807) is 7.11 Å². The summed E-state index contributed by atoms with van der Waals surface area (Å²) in [6.45, 7) is 4.27. The van der Waals surface area contributed by atoms with Crippen LogP contribution in [-0.4, -0.2) is 7.11 Å². The van der Waals surface area contributed by atoms with Gasteiger partial charge >= 0.3 is 0 Å².